The second kappa shape index (κ2) is 7.28. The highest BCUT2D eigenvalue weighted by molar-refractivity contribution is 7.92. The zero-order valence-corrected chi connectivity index (χ0v) is 15.3. The van der Waals surface area contributed by atoms with Crippen LogP contribution < -0.4 is 14.8 Å². The molecule has 2 rings (SSSR count). The van der Waals surface area contributed by atoms with E-state index in [9.17, 15) is 13.2 Å². The Hall–Kier alpha value is -1.98. The molecule has 0 radical (unpaired) electrons. The molecule has 0 fully saturated rings. The molecule has 0 saturated heterocycles. The molecule has 2 heterocycles. The van der Waals surface area contributed by atoms with Gasteiger partial charge in [-0.3, -0.25) is 14.8 Å². The summed E-state index contributed by atoms with van der Waals surface area (Å²) in [6.07, 6.45) is 2.20. The summed E-state index contributed by atoms with van der Waals surface area (Å²) in [6.45, 7) is 3.66. The van der Waals surface area contributed by atoms with E-state index in [0.717, 1.165) is 17.6 Å². The SMILES string of the molecule is CC(C)Oc1ncc(C(=O)Nc2nnc(NS(C)(=O)=O)s2)cc1Cl. The molecule has 0 aliphatic rings. The van der Waals surface area contributed by atoms with Crippen LogP contribution in [0.4, 0.5) is 10.3 Å². The second-order valence-corrected chi connectivity index (χ2v) is 8.05. The van der Waals surface area contributed by atoms with Crippen LogP contribution in [0.1, 0.15) is 24.2 Å². The molecule has 0 aliphatic heterocycles. The van der Waals surface area contributed by atoms with Crippen molar-refractivity contribution >= 4 is 49.1 Å². The minimum absolute atomic E-state index is 0.0460. The third kappa shape index (κ3) is 5.28. The van der Waals surface area contributed by atoms with Crippen LogP contribution >= 0.6 is 22.9 Å². The van der Waals surface area contributed by atoms with Crippen LogP contribution in [0.2, 0.25) is 5.02 Å². The summed E-state index contributed by atoms with van der Waals surface area (Å²) in [4.78, 5) is 16.1. The van der Waals surface area contributed by atoms with Crippen molar-refractivity contribution in [2.24, 2.45) is 0 Å². The maximum Gasteiger partial charge on any atom is 0.259 e. The lowest BCUT2D eigenvalue weighted by molar-refractivity contribution is 0.102. The number of halogens is 1. The number of carbonyl (C=O) groups is 1. The van der Waals surface area contributed by atoms with Gasteiger partial charge in [0.1, 0.15) is 5.02 Å². The van der Waals surface area contributed by atoms with Gasteiger partial charge in [0.05, 0.1) is 17.9 Å². The van der Waals surface area contributed by atoms with E-state index in [1.54, 1.807) is 0 Å². The first-order valence-electron chi connectivity index (χ1n) is 6.59. The maximum absolute atomic E-state index is 12.1. The Morgan fingerprint density at radius 1 is 1.33 bits per heavy atom. The fourth-order valence-corrected chi connectivity index (χ4v) is 3.18. The lowest BCUT2D eigenvalue weighted by Gasteiger charge is -2.10. The number of nitrogens with one attached hydrogen (secondary N) is 2. The minimum Gasteiger partial charge on any atom is -0.474 e. The summed E-state index contributed by atoms with van der Waals surface area (Å²) in [5.74, 6) is -0.277. The van der Waals surface area contributed by atoms with Gasteiger partial charge in [-0.2, -0.15) is 0 Å². The molecule has 2 N–H and O–H groups in total. The van der Waals surface area contributed by atoms with Crippen LogP contribution in [0.25, 0.3) is 0 Å². The molecule has 2 aromatic rings. The smallest absolute Gasteiger partial charge is 0.259 e. The summed E-state index contributed by atoms with van der Waals surface area (Å²) in [6, 6.07) is 1.41. The first-order chi connectivity index (χ1) is 11.1. The Bertz CT molecular complexity index is 853. The number of amides is 1. The van der Waals surface area contributed by atoms with Crippen LogP contribution in [-0.2, 0) is 10.0 Å². The van der Waals surface area contributed by atoms with E-state index in [1.165, 1.54) is 12.3 Å². The van der Waals surface area contributed by atoms with Crippen LogP contribution in [0, 0.1) is 0 Å². The Morgan fingerprint density at radius 3 is 2.58 bits per heavy atom. The molecule has 0 aromatic carbocycles. The quantitative estimate of drug-likeness (QED) is 0.771. The first-order valence-corrected chi connectivity index (χ1v) is 9.67. The highest BCUT2D eigenvalue weighted by Gasteiger charge is 2.15. The number of rotatable bonds is 6. The van der Waals surface area contributed by atoms with Crippen LogP contribution in [-0.4, -0.2) is 41.9 Å². The number of anilines is 2. The molecule has 0 saturated carbocycles. The number of aromatic nitrogens is 3. The molecule has 0 aliphatic carbocycles. The maximum atomic E-state index is 12.1. The topological polar surface area (TPSA) is 123 Å². The Balaban J connectivity index is 2.08. The Morgan fingerprint density at radius 2 is 2.00 bits per heavy atom. The second-order valence-electron chi connectivity index (χ2n) is 4.92. The van der Waals surface area contributed by atoms with Gasteiger partial charge in [-0.15, -0.1) is 10.2 Å². The fraction of sp³-hybridized carbons (Fsp3) is 0.333. The van der Waals surface area contributed by atoms with E-state index in [2.05, 4.69) is 25.2 Å². The summed E-state index contributed by atoms with van der Waals surface area (Å²) in [7, 11) is -3.46. The molecular formula is C12H14ClN5O4S2. The van der Waals surface area contributed by atoms with Gasteiger partial charge in [0.2, 0.25) is 26.2 Å². The number of sulfonamides is 1. The van der Waals surface area contributed by atoms with E-state index in [-0.39, 0.29) is 32.8 Å². The molecule has 0 atom stereocenters. The minimum atomic E-state index is -3.46. The highest BCUT2D eigenvalue weighted by Crippen LogP contribution is 2.25. The van der Waals surface area contributed by atoms with Crippen molar-refractivity contribution in [3.63, 3.8) is 0 Å². The van der Waals surface area contributed by atoms with Crippen molar-refractivity contribution in [2.45, 2.75) is 20.0 Å². The van der Waals surface area contributed by atoms with Crippen molar-refractivity contribution in [3.8, 4) is 5.88 Å². The average molecular weight is 392 g/mol. The normalized spacial score (nSPS) is 11.4. The number of pyridine rings is 1. The van der Waals surface area contributed by atoms with Crippen molar-refractivity contribution < 1.29 is 17.9 Å². The zero-order chi connectivity index (χ0) is 17.9. The summed E-state index contributed by atoms with van der Waals surface area (Å²) >= 11 is 6.90. The predicted octanol–water partition coefficient (Wildman–Crippen LogP) is 2.00. The molecule has 2 aromatic heterocycles. The van der Waals surface area contributed by atoms with Gasteiger partial charge in [-0.1, -0.05) is 22.9 Å². The van der Waals surface area contributed by atoms with Gasteiger partial charge >= 0.3 is 0 Å². The molecule has 12 heteroatoms. The summed E-state index contributed by atoms with van der Waals surface area (Å²) in [5, 5.41) is 10.2. The van der Waals surface area contributed by atoms with E-state index >= 15 is 0 Å². The monoisotopic (exact) mass is 391 g/mol. The Labute approximate surface area is 147 Å². The molecule has 9 nitrogen and oxygen atoms in total. The van der Waals surface area contributed by atoms with Gasteiger partial charge in [0.15, 0.2) is 0 Å². The lowest BCUT2D eigenvalue weighted by atomic mass is 10.2. The molecule has 24 heavy (non-hydrogen) atoms. The molecule has 0 unspecified atom stereocenters. The fourth-order valence-electron chi connectivity index (χ4n) is 1.50. The van der Waals surface area contributed by atoms with E-state index in [4.69, 9.17) is 16.3 Å². The van der Waals surface area contributed by atoms with Gasteiger partial charge < -0.3 is 4.74 Å². The Kier molecular flexibility index (Phi) is 5.57. The molecule has 0 bridgehead atoms. The van der Waals surface area contributed by atoms with Gasteiger partial charge in [0, 0.05) is 6.20 Å². The third-order valence-corrected chi connectivity index (χ3v) is 4.05. The van der Waals surface area contributed by atoms with Gasteiger partial charge in [-0.05, 0) is 19.9 Å². The largest absolute Gasteiger partial charge is 0.474 e. The third-order valence-electron chi connectivity index (χ3n) is 2.34. The molecular weight excluding hydrogens is 378 g/mol. The zero-order valence-electron chi connectivity index (χ0n) is 12.9. The van der Waals surface area contributed by atoms with Crippen molar-refractivity contribution in [1.82, 2.24) is 15.2 Å². The van der Waals surface area contributed by atoms with E-state index in [1.807, 2.05) is 13.8 Å². The lowest BCUT2D eigenvalue weighted by Crippen LogP contribution is -2.13. The van der Waals surface area contributed by atoms with Crippen LogP contribution in [0.5, 0.6) is 5.88 Å². The van der Waals surface area contributed by atoms with Gasteiger partial charge in [-0.25, -0.2) is 13.4 Å². The number of hydrogen-bond acceptors (Lipinski definition) is 8. The van der Waals surface area contributed by atoms with Crippen LogP contribution in [0.15, 0.2) is 12.3 Å². The number of hydrogen-bond donors (Lipinski definition) is 2. The van der Waals surface area contributed by atoms with Gasteiger partial charge in [0.25, 0.3) is 5.91 Å². The number of carbonyl (C=O) groups excluding carboxylic acids is 1. The molecule has 130 valence electrons. The van der Waals surface area contributed by atoms with Crippen molar-refractivity contribution in [2.75, 3.05) is 16.3 Å². The number of ether oxygens (including phenoxy) is 1. The van der Waals surface area contributed by atoms with E-state index in [0.29, 0.717) is 0 Å². The van der Waals surface area contributed by atoms with E-state index < -0.39 is 15.9 Å². The predicted molar refractivity (Wildman–Crippen MR) is 91.3 cm³/mol. The van der Waals surface area contributed by atoms with Crippen molar-refractivity contribution in [1.29, 1.82) is 0 Å². The molecule has 0 spiro atoms. The average Bonchev–Trinajstić information content (AvgIpc) is 2.85. The summed E-state index contributed by atoms with van der Waals surface area (Å²) in [5.41, 5.74) is 0.198. The first kappa shape index (κ1) is 18.4. The van der Waals surface area contributed by atoms with Crippen LogP contribution in [0.3, 0.4) is 0 Å². The number of nitrogens with zero attached hydrogens (tertiary/aromatic N) is 3. The highest BCUT2D eigenvalue weighted by atomic mass is 35.5. The summed E-state index contributed by atoms with van der Waals surface area (Å²) < 4.78 is 29.8. The van der Waals surface area contributed by atoms with Crippen molar-refractivity contribution in [3.05, 3.63) is 22.8 Å². The standard InChI is InChI=1S/C12H14ClN5O4S2/c1-6(2)22-10-8(13)4-7(5-14-10)9(19)15-11-16-17-12(23-11)18-24(3,20)21/h4-6H,1-3H3,(H,17,18)(H,15,16,19). The molecule has 1 amide bonds.